The summed E-state index contributed by atoms with van der Waals surface area (Å²) in [7, 11) is 3.71. The highest BCUT2D eigenvalue weighted by atomic mass is 16.2. The van der Waals surface area contributed by atoms with E-state index in [2.05, 4.69) is 20.6 Å². The van der Waals surface area contributed by atoms with Crippen LogP contribution in [0.4, 0.5) is 11.6 Å². The van der Waals surface area contributed by atoms with Crippen molar-refractivity contribution in [3.8, 4) is 0 Å². The summed E-state index contributed by atoms with van der Waals surface area (Å²) in [5.41, 5.74) is 1.98. The Morgan fingerprint density at radius 3 is 2.14 bits per heavy atom. The molecule has 0 unspecified atom stereocenters. The molecule has 0 saturated heterocycles. The van der Waals surface area contributed by atoms with Gasteiger partial charge in [0.05, 0.1) is 23.6 Å². The number of nitrogens with one attached hydrogen (secondary N) is 2. The van der Waals surface area contributed by atoms with Crippen molar-refractivity contribution in [3.05, 3.63) is 11.4 Å². The van der Waals surface area contributed by atoms with Crippen LogP contribution >= 0.6 is 0 Å². The first-order valence-electron chi connectivity index (χ1n) is 6.94. The molecule has 0 bridgehead atoms. The Bertz CT molecular complexity index is 505. The van der Waals surface area contributed by atoms with Gasteiger partial charge in [0.2, 0.25) is 17.8 Å². The van der Waals surface area contributed by atoms with E-state index in [-0.39, 0.29) is 18.4 Å². The van der Waals surface area contributed by atoms with Crippen LogP contribution < -0.4 is 15.5 Å². The molecule has 21 heavy (non-hydrogen) atoms. The van der Waals surface area contributed by atoms with Crippen molar-refractivity contribution in [1.29, 1.82) is 0 Å². The van der Waals surface area contributed by atoms with Crippen LogP contribution in [0.25, 0.3) is 0 Å². The van der Waals surface area contributed by atoms with Gasteiger partial charge in [0.25, 0.3) is 0 Å². The summed E-state index contributed by atoms with van der Waals surface area (Å²) in [6, 6.07) is 0. The van der Waals surface area contributed by atoms with E-state index in [1.165, 1.54) is 0 Å². The largest absolute Gasteiger partial charge is 0.347 e. The number of anilines is 2. The molecule has 1 rings (SSSR count). The number of carbonyl (C=O) groups excluding carboxylic acids is 2. The zero-order valence-corrected chi connectivity index (χ0v) is 13.3. The van der Waals surface area contributed by atoms with Gasteiger partial charge in [-0.2, -0.15) is 0 Å². The first kappa shape index (κ1) is 16.9. The Kier molecular flexibility index (Phi) is 6.08. The second-order valence-electron chi connectivity index (χ2n) is 5.04. The molecular formula is C14H23N5O2. The van der Waals surface area contributed by atoms with E-state index < -0.39 is 0 Å². The highest BCUT2D eigenvalue weighted by Crippen LogP contribution is 2.19. The van der Waals surface area contributed by atoms with Crippen LogP contribution in [0, 0.1) is 13.8 Å². The third-order valence-electron chi connectivity index (χ3n) is 2.85. The van der Waals surface area contributed by atoms with E-state index in [1.54, 1.807) is 4.90 Å². The standard InChI is InChI=1S/C14H23N5O2/c1-6-7-11(20)15-8-12(21)18-13-9(2)16-14(19(4)5)17-10(13)3/h6-8H2,1-5H3,(H,15,20)(H,18,21). The van der Waals surface area contributed by atoms with E-state index in [4.69, 9.17) is 0 Å². The minimum atomic E-state index is -0.285. The number of aryl methyl sites for hydroxylation is 2. The maximum Gasteiger partial charge on any atom is 0.243 e. The summed E-state index contributed by atoms with van der Waals surface area (Å²) in [5.74, 6) is 0.186. The van der Waals surface area contributed by atoms with Crippen molar-refractivity contribution in [3.63, 3.8) is 0 Å². The lowest BCUT2D eigenvalue weighted by molar-refractivity contribution is -0.124. The van der Waals surface area contributed by atoms with E-state index in [1.807, 2.05) is 34.9 Å². The van der Waals surface area contributed by atoms with Crippen LogP contribution in [0.5, 0.6) is 0 Å². The first-order chi connectivity index (χ1) is 9.85. The van der Waals surface area contributed by atoms with Crippen LogP contribution in [0.3, 0.4) is 0 Å². The molecule has 1 heterocycles. The Labute approximate surface area is 125 Å². The monoisotopic (exact) mass is 293 g/mol. The highest BCUT2D eigenvalue weighted by Gasteiger charge is 2.13. The molecule has 2 N–H and O–H groups in total. The molecule has 0 aliphatic rings. The molecule has 116 valence electrons. The minimum absolute atomic E-state index is 0.0485. The minimum Gasteiger partial charge on any atom is -0.347 e. The predicted molar refractivity (Wildman–Crippen MR) is 82.4 cm³/mol. The van der Waals surface area contributed by atoms with Crippen LogP contribution in [-0.2, 0) is 9.59 Å². The van der Waals surface area contributed by atoms with Gasteiger partial charge in [-0.05, 0) is 20.3 Å². The average Bonchev–Trinajstić information content (AvgIpc) is 2.40. The fourth-order valence-electron chi connectivity index (χ4n) is 1.76. The Morgan fingerprint density at radius 2 is 1.67 bits per heavy atom. The molecule has 0 aromatic carbocycles. The van der Waals surface area contributed by atoms with E-state index >= 15 is 0 Å². The summed E-state index contributed by atoms with van der Waals surface area (Å²) in [6.45, 7) is 5.49. The number of carbonyl (C=O) groups is 2. The lowest BCUT2D eigenvalue weighted by Gasteiger charge is -2.15. The summed E-state index contributed by atoms with van der Waals surface area (Å²) < 4.78 is 0. The van der Waals surface area contributed by atoms with Crippen molar-refractivity contribution < 1.29 is 9.59 Å². The second-order valence-corrected chi connectivity index (χ2v) is 5.04. The second kappa shape index (κ2) is 7.56. The summed E-state index contributed by atoms with van der Waals surface area (Å²) in [5, 5.41) is 5.32. The number of hydrogen-bond acceptors (Lipinski definition) is 5. The van der Waals surface area contributed by atoms with Crippen molar-refractivity contribution in [2.24, 2.45) is 0 Å². The third kappa shape index (κ3) is 5.02. The third-order valence-corrected chi connectivity index (χ3v) is 2.85. The molecule has 1 aromatic rings. The molecule has 7 heteroatoms. The SMILES string of the molecule is CCCC(=O)NCC(=O)Nc1c(C)nc(N(C)C)nc1C. The van der Waals surface area contributed by atoms with Gasteiger partial charge >= 0.3 is 0 Å². The predicted octanol–water partition coefficient (Wildman–Crippen LogP) is 1.01. The fraction of sp³-hybridized carbons (Fsp3) is 0.571. The number of nitrogens with zero attached hydrogens (tertiary/aromatic N) is 3. The van der Waals surface area contributed by atoms with Crippen molar-refractivity contribution in [1.82, 2.24) is 15.3 Å². The summed E-state index contributed by atoms with van der Waals surface area (Å²) >= 11 is 0. The smallest absolute Gasteiger partial charge is 0.243 e. The van der Waals surface area contributed by atoms with Crippen LogP contribution in [0.2, 0.25) is 0 Å². The van der Waals surface area contributed by atoms with Crippen molar-refractivity contribution >= 4 is 23.5 Å². The van der Waals surface area contributed by atoms with Crippen molar-refractivity contribution in [2.45, 2.75) is 33.6 Å². The molecule has 0 aliphatic heterocycles. The van der Waals surface area contributed by atoms with Crippen LogP contribution in [0.1, 0.15) is 31.2 Å². The van der Waals surface area contributed by atoms with Crippen molar-refractivity contribution in [2.75, 3.05) is 30.9 Å². The molecular weight excluding hydrogens is 270 g/mol. The molecule has 0 atom stereocenters. The lowest BCUT2D eigenvalue weighted by atomic mass is 10.2. The van der Waals surface area contributed by atoms with Gasteiger partial charge in [0.15, 0.2) is 0 Å². The van der Waals surface area contributed by atoms with E-state index in [9.17, 15) is 9.59 Å². The Hall–Kier alpha value is -2.18. The summed E-state index contributed by atoms with van der Waals surface area (Å²) in [6.07, 6.45) is 1.18. The van der Waals surface area contributed by atoms with E-state index in [0.717, 1.165) is 6.42 Å². The maximum atomic E-state index is 11.9. The lowest BCUT2D eigenvalue weighted by Crippen LogP contribution is -2.33. The zero-order chi connectivity index (χ0) is 16.0. The fourth-order valence-corrected chi connectivity index (χ4v) is 1.76. The molecule has 7 nitrogen and oxygen atoms in total. The molecule has 0 saturated carbocycles. The molecule has 0 spiro atoms. The van der Waals surface area contributed by atoms with Crippen LogP contribution in [0.15, 0.2) is 0 Å². The van der Waals surface area contributed by atoms with Gasteiger partial charge in [-0.25, -0.2) is 9.97 Å². The first-order valence-corrected chi connectivity index (χ1v) is 6.94. The molecule has 0 radical (unpaired) electrons. The van der Waals surface area contributed by atoms with Gasteiger partial charge < -0.3 is 15.5 Å². The Balaban J connectivity index is 2.70. The van der Waals surface area contributed by atoms with Gasteiger partial charge in [0, 0.05) is 20.5 Å². The number of rotatable bonds is 6. The maximum absolute atomic E-state index is 11.9. The normalized spacial score (nSPS) is 10.1. The average molecular weight is 293 g/mol. The topological polar surface area (TPSA) is 87.2 Å². The number of aromatic nitrogens is 2. The molecule has 0 fully saturated rings. The van der Waals surface area contributed by atoms with Gasteiger partial charge in [-0.3, -0.25) is 9.59 Å². The molecule has 1 aromatic heterocycles. The molecule has 2 amide bonds. The highest BCUT2D eigenvalue weighted by molar-refractivity contribution is 5.95. The zero-order valence-electron chi connectivity index (χ0n) is 13.3. The number of amides is 2. The van der Waals surface area contributed by atoms with E-state index in [0.29, 0.717) is 29.4 Å². The summed E-state index contributed by atoms with van der Waals surface area (Å²) in [4.78, 5) is 33.6. The Morgan fingerprint density at radius 1 is 1.10 bits per heavy atom. The quantitative estimate of drug-likeness (QED) is 0.817. The van der Waals surface area contributed by atoms with Gasteiger partial charge in [-0.1, -0.05) is 6.92 Å². The van der Waals surface area contributed by atoms with Crippen LogP contribution in [-0.4, -0.2) is 42.4 Å². The van der Waals surface area contributed by atoms with Gasteiger partial charge in [-0.15, -0.1) is 0 Å². The molecule has 0 aliphatic carbocycles. The number of hydrogen-bond donors (Lipinski definition) is 2. The van der Waals surface area contributed by atoms with Gasteiger partial charge in [0.1, 0.15) is 0 Å².